The maximum Gasteiger partial charge on any atom is 2.00 e. The van der Waals surface area contributed by atoms with E-state index in [1.54, 1.807) is 24.3 Å². The van der Waals surface area contributed by atoms with Crippen molar-refractivity contribution in [2.45, 2.75) is 0 Å². The number of carbonyl (C=O) groups excluding carboxylic acids is 3. The van der Waals surface area contributed by atoms with E-state index in [0.717, 1.165) is 14.2 Å². The molecule has 9 heteroatoms. The number of ether oxygens (including phenoxy) is 2. The average molecular weight is 409 g/mol. The van der Waals surface area contributed by atoms with Crippen LogP contribution in [-0.4, -0.2) is 81.3 Å². The second-order valence-corrected chi connectivity index (χ2v) is 2.64. The zero-order valence-electron chi connectivity index (χ0n) is 11.0. The molecule has 0 radical (unpaired) electrons. The fourth-order valence-corrected chi connectivity index (χ4v) is 0.602. The minimum atomic E-state index is -1.50. The average Bonchev–Trinajstić information content (AvgIpc) is 2.41. The number of amides is 1. The van der Waals surface area contributed by atoms with Crippen molar-refractivity contribution in [1.82, 2.24) is 0 Å². The van der Waals surface area contributed by atoms with Gasteiger partial charge in [0.25, 0.3) is 12.3 Å². The second-order valence-electron chi connectivity index (χ2n) is 2.64. The zero-order valence-corrected chi connectivity index (χ0v) is 15.5. The fourth-order valence-electron chi connectivity index (χ4n) is 0.602. The van der Waals surface area contributed by atoms with E-state index in [4.69, 9.17) is 25.5 Å². The van der Waals surface area contributed by atoms with Crippen molar-refractivity contribution in [3.8, 4) is 0 Å². The van der Waals surface area contributed by atoms with Gasteiger partial charge in [-0.2, -0.15) is 0 Å². The third-order valence-corrected chi connectivity index (χ3v) is 1.39. The fraction of sp³-hybridized carbons (Fsp3) is 0.182. The Bertz CT molecular complexity index is 383. The molecule has 0 unspecified atom stereocenters. The first kappa shape index (κ1) is 23.9. The van der Waals surface area contributed by atoms with Crippen LogP contribution in [0.4, 0.5) is 9.59 Å². The van der Waals surface area contributed by atoms with E-state index in [-0.39, 0.29) is 54.8 Å². The number of nitrogens with two attached hydrogens (primary N) is 1. The van der Waals surface area contributed by atoms with Crippen LogP contribution in [0.25, 0.3) is 0 Å². The predicted octanol–water partition coefficient (Wildman–Crippen LogP) is -1.64. The summed E-state index contributed by atoms with van der Waals surface area (Å²) in [5.41, 5.74) is 5.53. The molecule has 0 aromatic heterocycles. The molecular formula is C11H13BaNO7. The van der Waals surface area contributed by atoms with E-state index in [1.807, 2.05) is 6.07 Å². The molecule has 1 aromatic carbocycles. The molecule has 1 amide bonds. The number of primary amides is 1. The molecule has 1 rings (SSSR count). The first-order valence-electron chi connectivity index (χ1n) is 4.69. The summed E-state index contributed by atoms with van der Waals surface area (Å²) >= 11 is 0. The zero-order chi connectivity index (χ0) is 15.3. The van der Waals surface area contributed by atoms with Gasteiger partial charge in [0.05, 0.1) is 0 Å². The Morgan fingerprint density at radius 3 is 1.40 bits per heavy atom. The van der Waals surface area contributed by atoms with Crippen molar-refractivity contribution < 1.29 is 34.1 Å². The summed E-state index contributed by atoms with van der Waals surface area (Å²) in [5, 5.41) is 18.1. The smallest absolute Gasteiger partial charge is 0.553 e. The Balaban J connectivity index is -0.000000230. The minimum absolute atomic E-state index is 0. The van der Waals surface area contributed by atoms with E-state index in [0.29, 0.717) is 5.56 Å². The number of benzene rings is 1. The van der Waals surface area contributed by atoms with E-state index < -0.39 is 12.3 Å². The van der Waals surface area contributed by atoms with Crippen molar-refractivity contribution >= 4 is 67.1 Å². The van der Waals surface area contributed by atoms with Crippen molar-refractivity contribution in [2.24, 2.45) is 5.73 Å². The van der Waals surface area contributed by atoms with Crippen LogP contribution in [-0.2, 0) is 9.47 Å². The predicted molar refractivity (Wildman–Crippen MR) is 65.5 cm³/mol. The van der Waals surface area contributed by atoms with E-state index in [9.17, 15) is 4.79 Å². The van der Waals surface area contributed by atoms with Gasteiger partial charge in [-0.3, -0.25) is 4.79 Å². The molecule has 8 nitrogen and oxygen atoms in total. The Morgan fingerprint density at radius 1 is 0.950 bits per heavy atom. The van der Waals surface area contributed by atoms with Crippen molar-refractivity contribution in [3.05, 3.63) is 35.9 Å². The standard InChI is InChI=1S/C7H7NO.2C2H4O3.Ba/c8-7(9)6-4-2-1-3-5-6;2*1-5-2(3)4;/h1-5H,(H2,8,9);2*1H3,(H,3,4);/q;;;+2/p-2. The molecule has 1 aromatic rings. The maximum atomic E-state index is 10.4. The van der Waals surface area contributed by atoms with Crippen LogP contribution in [0.3, 0.4) is 0 Å². The molecule has 0 atom stereocenters. The van der Waals surface area contributed by atoms with Gasteiger partial charge in [0.1, 0.15) is 0 Å². The van der Waals surface area contributed by atoms with Crippen LogP contribution >= 0.6 is 0 Å². The second kappa shape index (κ2) is 15.9. The summed E-state index contributed by atoms with van der Waals surface area (Å²) in [6.45, 7) is 0. The maximum absolute atomic E-state index is 10.4. The first-order chi connectivity index (χ1) is 8.84. The Labute approximate surface area is 155 Å². The van der Waals surface area contributed by atoms with E-state index >= 15 is 0 Å². The van der Waals surface area contributed by atoms with Gasteiger partial charge in [0, 0.05) is 19.8 Å². The van der Waals surface area contributed by atoms with Crippen LogP contribution in [0.2, 0.25) is 0 Å². The van der Waals surface area contributed by atoms with E-state index in [1.165, 1.54) is 0 Å². The van der Waals surface area contributed by atoms with Gasteiger partial charge in [-0.05, 0) is 12.1 Å². The minimum Gasteiger partial charge on any atom is -0.553 e. The van der Waals surface area contributed by atoms with Gasteiger partial charge in [0.15, 0.2) is 0 Å². The van der Waals surface area contributed by atoms with E-state index in [2.05, 4.69) is 9.47 Å². The van der Waals surface area contributed by atoms with Gasteiger partial charge in [-0.1, -0.05) is 18.2 Å². The summed E-state index contributed by atoms with van der Waals surface area (Å²) in [6, 6.07) is 8.76. The molecule has 0 fully saturated rings. The van der Waals surface area contributed by atoms with Crippen molar-refractivity contribution in [1.29, 1.82) is 0 Å². The van der Waals surface area contributed by atoms with Gasteiger partial charge in [-0.15, -0.1) is 0 Å². The number of methoxy groups -OCH3 is 2. The Hall–Kier alpha value is -1.20. The van der Waals surface area contributed by atoms with Gasteiger partial charge < -0.3 is 35.0 Å². The Morgan fingerprint density at radius 2 is 1.25 bits per heavy atom. The number of carboxylic acid groups (broad SMARTS) is 2. The summed E-state index contributed by atoms with van der Waals surface area (Å²) in [5.74, 6) is -0.379. The van der Waals surface area contributed by atoms with Gasteiger partial charge >= 0.3 is 48.9 Å². The molecule has 0 saturated heterocycles. The topological polar surface area (TPSA) is 142 Å². The summed E-state index contributed by atoms with van der Waals surface area (Å²) < 4.78 is 7.11. The summed E-state index contributed by atoms with van der Waals surface area (Å²) in [7, 11) is 2.07. The molecule has 106 valence electrons. The summed E-state index contributed by atoms with van der Waals surface area (Å²) in [6.07, 6.45) is -2.99. The van der Waals surface area contributed by atoms with Crippen molar-refractivity contribution in [3.63, 3.8) is 0 Å². The number of rotatable bonds is 1. The number of carbonyl (C=O) groups is 3. The SMILES string of the molecule is COC(=O)[O-].COC(=O)[O-].NC(=O)c1ccccc1.[Ba+2]. The molecular weight excluding hydrogens is 395 g/mol. The number of hydrogen-bond donors (Lipinski definition) is 1. The van der Waals surface area contributed by atoms with Crippen LogP contribution in [0.5, 0.6) is 0 Å². The number of hydrogen-bond acceptors (Lipinski definition) is 7. The third kappa shape index (κ3) is 19.1. The molecule has 0 aliphatic rings. The van der Waals surface area contributed by atoms with Crippen LogP contribution in [0, 0.1) is 0 Å². The van der Waals surface area contributed by atoms with Crippen LogP contribution in [0.15, 0.2) is 30.3 Å². The molecule has 0 spiro atoms. The molecule has 0 heterocycles. The third-order valence-electron chi connectivity index (χ3n) is 1.39. The molecule has 0 bridgehead atoms. The first-order valence-corrected chi connectivity index (χ1v) is 4.69. The largest absolute Gasteiger partial charge is 2.00 e. The van der Waals surface area contributed by atoms with Crippen molar-refractivity contribution in [2.75, 3.05) is 14.2 Å². The molecule has 20 heavy (non-hydrogen) atoms. The quantitative estimate of drug-likeness (QED) is 0.434. The van der Waals surface area contributed by atoms with Gasteiger partial charge in [-0.25, -0.2) is 0 Å². The molecule has 0 aliphatic carbocycles. The van der Waals surface area contributed by atoms with Crippen LogP contribution < -0.4 is 15.9 Å². The molecule has 2 N–H and O–H groups in total. The Kier molecular flexibility index (Phi) is 18.9. The monoisotopic (exact) mass is 409 g/mol. The van der Waals surface area contributed by atoms with Crippen LogP contribution in [0.1, 0.15) is 10.4 Å². The summed E-state index contributed by atoms with van der Waals surface area (Å²) in [4.78, 5) is 28.5. The van der Waals surface area contributed by atoms with Gasteiger partial charge in [0.2, 0.25) is 5.91 Å². The molecule has 0 saturated carbocycles. The molecule has 0 aliphatic heterocycles. The normalized spacial score (nSPS) is 7.30.